The predicted octanol–water partition coefficient (Wildman–Crippen LogP) is 2.50. The summed E-state index contributed by atoms with van der Waals surface area (Å²) < 4.78 is 0. The zero-order valence-electron chi connectivity index (χ0n) is 7.29. The Balaban J connectivity index is 2.39. The van der Waals surface area contributed by atoms with Crippen molar-refractivity contribution in [1.29, 1.82) is 0 Å². The van der Waals surface area contributed by atoms with Gasteiger partial charge in [0.2, 0.25) is 0 Å². The molecule has 0 aliphatic heterocycles. The van der Waals surface area contributed by atoms with Crippen molar-refractivity contribution in [3.05, 3.63) is 28.7 Å². The Morgan fingerprint density at radius 1 is 1.83 bits per heavy atom. The molecule has 1 atom stereocenters. The van der Waals surface area contributed by atoms with Crippen LogP contribution in [0.15, 0.2) is 23.9 Å². The van der Waals surface area contributed by atoms with Crippen molar-refractivity contribution in [3.8, 4) is 0 Å². The molecule has 0 saturated heterocycles. The van der Waals surface area contributed by atoms with E-state index in [2.05, 4.69) is 11.6 Å². The summed E-state index contributed by atoms with van der Waals surface area (Å²) in [6, 6.07) is 0.134. The molecule has 1 aromatic rings. The number of hydrogen-bond acceptors (Lipinski definition) is 3. The lowest BCUT2D eigenvalue weighted by Gasteiger charge is -2.07. The fourth-order valence-corrected chi connectivity index (χ4v) is 1.61. The van der Waals surface area contributed by atoms with Crippen LogP contribution in [0.25, 0.3) is 0 Å². The topological polar surface area (TPSA) is 38.9 Å². The minimum Gasteiger partial charge on any atom is -0.323 e. The van der Waals surface area contributed by atoms with Crippen molar-refractivity contribution >= 4 is 11.3 Å². The Kier molecular flexibility index (Phi) is 3.44. The molecule has 0 spiro atoms. The van der Waals surface area contributed by atoms with Crippen LogP contribution in [-0.4, -0.2) is 4.98 Å². The van der Waals surface area contributed by atoms with Crippen LogP contribution in [0.3, 0.4) is 0 Å². The van der Waals surface area contributed by atoms with Crippen molar-refractivity contribution in [1.82, 2.24) is 4.98 Å². The van der Waals surface area contributed by atoms with E-state index in [0.717, 1.165) is 17.7 Å². The third kappa shape index (κ3) is 2.75. The van der Waals surface area contributed by atoms with Crippen LogP contribution in [0.2, 0.25) is 0 Å². The van der Waals surface area contributed by atoms with E-state index < -0.39 is 0 Å². The number of nitrogens with zero attached hydrogens (tertiary/aromatic N) is 1. The van der Waals surface area contributed by atoms with Gasteiger partial charge >= 0.3 is 0 Å². The van der Waals surface area contributed by atoms with Crippen LogP contribution in [-0.2, 0) is 0 Å². The molecule has 1 rings (SSSR count). The highest BCUT2D eigenvalue weighted by atomic mass is 32.1. The first-order chi connectivity index (χ1) is 5.70. The molecule has 2 N–H and O–H groups in total. The molecule has 0 aromatic carbocycles. The second kappa shape index (κ2) is 4.38. The van der Waals surface area contributed by atoms with E-state index in [4.69, 9.17) is 5.73 Å². The minimum absolute atomic E-state index is 0.134. The molecule has 1 heterocycles. The van der Waals surface area contributed by atoms with Crippen LogP contribution < -0.4 is 5.73 Å². The first kappa shape index (κ1) is 9.42. The van der Waals surface area contributed by atoms with Crippen LogP contribution >= 0.6 is 11.3 Å². The van der Waals surface area contributed by atoms with E-state index in [1.165, 1.54) is 5.57 Å². The molecule has 0 bridgehead atoms. The van der Waals surface area contributed by atoms with E-state index in [-0.39, 0.29) is 6.04 Å². The summed E-state index contributed by atoms with van der Waals surface area (Å²) in [6.07, 6.45) is 3.81. The number of nitrogens with two attached hydrogens (primary N) is 1. The Bertz CT molecular complexity index is 241. The van der Waals surface area contributed by atoms with Crippen molar-refractivity contribution in [3.63, 3.8) is 0 Å². The summed E-state index contributed by atoms with van der Waals surface area (Å²) >= 11 is 1.62. The van der Waals surface area contributed by atoms with Crippen LogP contribution in [0, 0.1) is 0 Å². The molecular formula is C9H14N2S. The number of rotatable bonds is 4. The third-order valence-corrected chi connectivity index (χ3v) is 2.61. The zero-order valence-corrected chi connectivity index (χ0v) is 8.10. The van der Waals surface area contributed by atoms with Crippen molar-refractivity contribution in [2.45, 2.75) is 25.8 Å². The fourth-order valence-electron chi connectivity index (χ4n) is 0.953. The predicted molar refractivity (Wildman–Crippen MR) is 53.1 cm³/mol. The Labute approximate surface area is 77.1 Å². The van der Waals surface area contributed by atoms with Gasteiger partial charge in [0, 0.05) is 17.1 Å². The summed E-state index contributed by atoms with van der Waals surface area (Å²) in [6.45, 7) is 5.87. The minimum atomic E-state index is 0.134. The Morgan fingerprint density at radius 2 is 2.58 bits per heavy atom. The van der Waals surface area contributed by atoms with Gasteiger partial charge in [-0.25, -0.2) is 0 Å². The molecule has 0 saturated carbocycles. The first-order valence-corrected chi connectivity index (χ1v) is 4.86. The van der Waals surface area contributed by atoms with Gasteiger partial charge < -0.3 is 5.73 Å². The molecule has 0 aliphatic carbocycles. The van der Waals surface area contributed by atoms with Crippen molar-refractivity contribution in [2.24, 2.45) is 5.73 Å². The maximum absolute atomic E-state index is 5.92. The second-order valence-electron chi connectivity index (χ2n) is 3.01. The van der Waals surface area contributed by atoms with E-state index >= 15 is 0 Å². The van der Waals surface area contributed by atoms with Gasteiger partial charge in [-0.15, -0.1) is 17.9 Å². The third-order valence-electron chi connectivity index (χ3n) is 1.70. The van der Waals surface area contributed by atoms with Gasteiger partial charge in [-0.2, -0.15) is 0 Å². The summed E-state index contributed by atoms with van der Waals surface area (Å²) in [4.78, 5) is 5.15. The van der Waals surface area contributed by atoms with Gasteiger partial charge in [0.25, 0.3) is 0 Å². The largest absolute Gasteiger partial charge is 0.323 e. The zero-order chi connectivity index (χ0) is 8.97. The summed E-state index contributed by atoms with van der Waals surface area (Å²) in [5.74, 6) is 0. The molecule has 0 amide bonds. The fraction of sp³-hybridized carbons (Fsp3) is 0.444. The van der Waals surface area contributed by atoms with Crippen LogP contribution in [0.4, 0.5) is 0 Å². The molecule has 0 aliphatic rings. The highest BCUT2D eigenvalue weighted by Crippen LogP contribution is 2.20. The summed E-state index contributed by atoms with van der Waals surface area (Å²) in [5, 5.41) is 0. The van der Waals surface area contributed by atoms with Gasteiger partial charge in [-0.1, -0.05) is 5.57 Å². The van der Waals surface area contributed by atoms with E-state index in [0.29, 0.717) is 0 Å². The molecule has 3 heteroatoms. The second-order valence-corrected chi connectivity index (χ2v) is 3.92. The van der Waals surface area contributed by atoms with Gasteiger partial charge in [-0.3, -0.25) is 4.98 Å². The highest BCUT2D eigenvalue weighted by Gasteiger charge is 2.06. The maximum Gasteiger partial charge on any atom is 0.0794 e. The Hall–Kier alpha value is -0.670. The number of aromatic nitrogens is 1. The van der Waals surface area contributed by atoms with E-state index in [1.807, 2.05) is 18.6 Å². The van der Waals surface area contributed by atoms with E-state index in [1.54, 1.807) is 11.3 Å². The van der Waals surface area contributed by atoms with Crippen LogP contribution in [0.5, 0.6) is 0 Å². The first-order valence-electron chi connectivity index (χ1n) is 3.98. The molecular weight excluding hydrogens is 168 g/mol. The van der Waals surface area contributed by atoms with Crippen molar-refractivity contribution in [2.75, 3.05) is 0 Å². The number of thiazole rings is 1. The highest BCUT2D eigenvalue weighted by molar-refractivity contribution is 7.09. The lowest BCUT2D eigenvalue weighted by Crippen LogP contribution is -2.08. The molecule has 0 fully saturated rings. The van der Waals surface area contributed by atoms with E-state index in [9.17, 15) is 0 Å². The molecule has 66 valence electrons. The van der Waals surface area contributed by atoms with Gasteiger partial charge in [0.15, 0.2) is 0 Å². The Morgan fingerprint density at radius 3 is 3.08 bits per heavy atom. The average Bonchev–Trinajstić information content (AvgIpc) is 2.51. The average molecular weight is 182 g/mol. The number of allylic oxidation sites excluding steroid dienone is 1. The normalized spacial score (nSPS) is 12.8. The summed E-state index contributed by atoms with van der Waals surface area (Å²) in [7, 11) is 0. The van der Waals surface area contributed by atoms with Gasteiger partial charge in [0.05, 0.1) is 5.51 Å². The lowest BCUT2D eigenvalue weighted by molar-refractivity contribution is 0.658. The van der Waals surface area contributed by atoms with Crippen LogP contribution in [0.1, 0.15) is 30.7 Å². The molecule has 1 aromatic heterocycles. The lowest BCUT2D eigenvalue weighted by atomic mass is 10.1. The monoisotopic (exact) mass is 182 g/mol. The van der Waals surface area contributed by atoms with Gasteiger partial charge in [-0.05, 0) is 19.8 Å². The van der Waals surface area contributed by atoms with Crippen molar-refractivity contribution < 1.29 is 0 Å². The molecule has 1 unspecified atom stereocenters. The SMILES string of the molecule is C=C(C)CCC(N)c1cncs1. The smallest absolute Gasteiger partial charge is 0.0794 e. The molecule has 12 heavy (non-hydrogen) atoms. The molecule has 2 nitrogen and oxygen atoms in total. The number of hydrogen-bond donors (Lipinski definition) is 1. The standard InChI is InChI=1S/C9H14N2S/c1-7(2)3-4-8(10)9-5-11-6-12-9/h5-6,8H,1,3-4,10H2,2H3. The quantitative estimate of drug-likeness (QED) is 0.727. The maximum atomic E-state index is 5.92. The van der Waals surface area contributed by atoms with Gasteiger partial charge in [0.1, 0.15) is 0 Å². The summed E-state index contributed by atoms with van der Waals surface area (Å²) in [5.41, 5.74) is 8.92. The molecule has 0 radical (unpaired) electrons.